The average Bonchev–Trinajstić information content (AvgIpc) is 2.34. The third-order valence-electron chi connectivity index (χ3n) is 2.58. The van der Waals surface area contributed by atoms with Crippen molar-refractivity contribution in [3.63, 3.8) is 0 Å². The van der Waals surface area contributed by atoms with Crippen molar-refractivity contribution in [3.05, 3.63) is 35.4 Å². The molecule has 1 atom stereocenters. The molecule has 0 saturated heterocycles. The van der Waals surface area contributed by atoms with Crippen LogP contribution in [0.3, 0.4) is 0 Å². The largest absolute Gasteiger partial charge is 0.477 e. The zero-order valence-corrected chi connectivity index (χ0v) is 9.93. The maximum Gasteiger partial charge on any atom is 0.354 e. The predicted molar refractivity (Wildman–Crippen MR) is 61.3 cm³/mol. The van der Waals surface area contributed by atoms with Crippen LogP contribution in [0.5, 0.6) is 0 Å². The quantitative estimate of drug-likeness (QED) is 0.371. The van der Waals surface area contributed by atoms with Gasteiger partial charge < -0.3 is 10.3 Å². The third kappa shape index (κ3) is 3.12. The molecule has 0 aliphatic rings. The van der Waals surface area contributed by atoms with Gasteiger partial charge in [-0.1, -0.05) is 12.1 Å². The molecular weight excluding hydrogens is 260 g/mol. The van der Waals surface area contributed by atoms with Crippen LogP contribution in [0.2, 0.25) is 0 Å². The Hall–Kier alpha value is -2.31. The van der Waals surface area contributed by atoms with Gasteiger partial charge in [-0.3, -0.25) is 4.79 Å². The fourth-order valence-electron chi connectivity index (χ4n) is 1.64. The Bertz CT molecular complexity index is 543. The highest BCUT2D eigenvalue weighted by Crippen LogP contribution is 2.18. The van der Waals surface area contributed by atoms with E-state index in [4.69, 9.17) is 10.3 Å². The van der Waals surface area contributed by atoms with E-state index in [1.165, 1.54) is 6.92 Å². The van der Waals surface area contributed by atoms with Crippen LogP contribution in [0.15, 0.2) is 23.4 Å². The van der Waals surface area contributed by atoms with E-state index in [1.807, 2.05) is 0 Å². The first-order chi connectivity index (χ1) is 8.92. The van der Waals surface area contributed by atoms with E-state index in [-0.39, 0.29) is 6.42 Å². The molecule has 2 N–H and O–H groups in total. The molecule has 7 heteroatoms. The van der Waals surface area contributed by atoms with Crippen molar-refractivity contribution < 1.29 is 28.7 Å². The second-order valence-corrected chi connectivity index (χ2v) is 3.74. The Morgan fingerprint density at radius 1 is 1.37 bits per heavy atom. The van der Waals surface area contributed by atoms with Crippen LogP contribution < -0.4 is 0 Å². The average molecular weight is 271 g/mol. The molecule has 0 saturated carbocycles. The van der Waals surface area contributed by atoms with Gasteiger partial charge in [0.25, 0.3) is 0 Å². The third-order valence-corrected chi connectivity index (χ3v) is 2.58. The summed E-state index contributed by atoms with van der Waals surface area (Å²) in [5.74, 6) is -5.70. The first-order valence-corrected chi connectivity index (χ1v) is 5.36. The zero-order valence-electron chi connectivity index (χ0n) is 9.93. The van der Waals surface area contributed by atoms with Gasteiger partial charge in [0.1, 0.15) is 11.6 Å². The van der Waals surface area contributed by atoms with Gasteiger partial charge in [-0.25, -0.2) is 13.6 Å². The summed E-state index contributed by atoms with van der Waals surface area (Å²) in [5.41, 5.74) is -1.23. The van der Waals surface area contributed by atoms with Crippen molar-refractivity contribution in [2.75, 3.05) is 0 Å². The normalized spacial score (nSPS) is 13.1. The molecule has 1 aromatic rings. The van der Waals surface area contributed by atoms with E-state index in [9.17, 15) is 18.4 Å². The summed E-state index contributed by atoms with van der Waals surface area (Å²) in [7, 11) is 0. The molecule has 5 nitrogen and oxygen atoms in total. The van der Waals surface area contributed by atoms with Crippen LogP contribution in [0, 0.1) is 17.6 Å². The number of nitrogens with zero attached hydrogens (tertiary/aromatic N) is 1. The number of Topliss-reactive ketones (excluding diaryl/α,β-unsaturated/α-hetero) is 1. The Labute approximate surface area is 107 Å². The molecule has 1 unspecified atom stereocenters. The van der Waals surface area contributed by atoms with E-state index in [0.29, 0.717) is 6.07 Å². The molecule has 1 rings (SSSR count). The van der Waals surface area contributed by atoms with Crippen LogP contribution in [0.4, 0.5) is 8.78 Å². The number of carboxylic acids is 1. The first kappa shape index (κ1) is 14.7. The zero-order chi connectivity index (χ0) is 14.6. The number of ketones is 1. The molecule has 0 amide bonds. The smallest absolute Gasteiger partial charge is 0.354 e. The van der Waals surface area contributed by atoms with Crippen molar-refractivity contribution in [1.29, 1.82) is 0 Å². The Morgan fingerprint density at radius 2 is 2.00 bits per heavy atom. The van der Waals surface area contributed by atoms with Gasteiger partial charge in [0, 0.05) is 6.07 Å². The van der Waals surface area contributed by atoms with Crippen molar-refractivity contribution in [3.8, 4) is 0 Å². The maximum absolute atomic E-state index is 13.5. The number of hydrogen-bond donors (Lipinski definition) is 2. The monoisotopic (exact) mass is 271 g/mol. The molecular formula is C12H11F2NO4. The van der Waals surface area contributed by atoms with Gasteiger partial charge >= 0.3 is 5.97 Å². The van der Waals surface area contributed by atoms with E-state index in [1.54, 1.807) is 0 Å². The molecule has 1 aromatic carbocycles. The highest BCUT2D eigenvalue weighted by molar-refractivity contribution is 6.41. The van der Waals surface area contributed by atoms with Crippen LogP contribution in [0.1, 0.15) is 23.7 Å². The lowest BCUT2D eigenvalue weighted by atomic mass is 9.90. The number of carbonyl (C=O) groups excluding carboxylic acids is 1. The fourth-order valence-corrected chi connectivity index (χ4v) is 1.64. The summed E-state index contributed by atoms with van der Waals surface area (Å²) < 4.78 is 26.2. The van der Waals surface area contributed by atoms with Crippen molar-refractivity contribution in [1.82, 2.24) is 0 Å². The number of hydrogen-bond acceptors (Lipinski definition) is 4. The molecule has 0 bridgehead atoms. The minimum atomic E-state index is -1.58. The van der Waals surface area contributed by atoms with E-state index < -0.39 is 40.6 Å². The summed E-state index contributed by atoms with van der Waals surface area (Å²) in [5, 5.41) is 19.9. The van der Waals surface area contributed by atoms with Crippen molar-refractivity contribution in [2.45, 2.75) is 13.3 Å². The highest BCUT2D eigenvalue weighted by Gasteiger charge is 2.30. The molecule has 0 spiro atoms. The molecule has 102 valence electrons. The molecule has 0 radical (unpaired) electrons. The SMILES string of the molecule is CCC(C(=O)c1ccc(F)cc1F)C(=NO)C(=O)O. The Kier molecular flexibility index (Phi) is 4.68. The highest BCUT2D eigenvalue weighted by atomic mass is 19.1. The number of carboxylic acid groups (broad SMARTS) is 1. The summed E-state index contributed by atoms with van der Waals surface area (Å²) in [6, 6.07) is 2.34. The predicted octanol–water partition coefficient (Wildman–Crippen LogP) is 2.09. The van der Waals surface area contributed by atoms with Gasteiger partial charge in [-0.15, -0.1) is 0 Å². The minimum Gasteiger partial charge on any atom is -0.477 e. The van der Waals surface area contributed by atoms with E-state index in [2.05, 4.69) is 5.16 Å². The Morgan fingerprint density at radius 3 is 2.42 bits per heavy atom. The summed E-state index contributed by atoms with van der Waals surface area (Å²) in [4.78, 5) is 22.8. The summed E-state index contributed by atoms with van der Waals surface area (Å²) in [6.45, 7) is 1.48. The first-order valence-electron chi connectivity index (χ1n) is 5.36. The standard InChI is InChI=1S/C12H11F2NO4/c1-2-7(10(15-19)12(17)18)11(16)8-4-3-6(13)5-9(8)14/h3-5,7,19H,2H2,1H3,(H,17,18). The van der Waals surface area contributed by atoms with Crippen molar-refractivity contribution in [2.24, 2.45) is 11.1 Å². The van der Waals surface area contributed by atoms with Crippen LogP contribution in [-0.2, 0) is 4.79 Å². The molecule has 19 heavy (non-hydrogen) atoms. The van der Waals surface area contributed by atoms with E-state index in [0.717, 1.165) is 12.1 Å². The molecule has 0 aliphatic heterocycles. The lowest BCUT2D eigenvalue weighted by Gasteiger charge is -2.12. The molecule has 0 aliphatic carbocycles. The fraction of sp³-hybridized carbons (Fsp3) is 0.250. The van der Waals surface area contributed by atoms with Gasteiger partial charge in [0.2, 0.25) is 0 Å². The van der Waals surface area contributed by atoms with Gasteiger partial charge in [0.05, 0.1) is 11.5 Å². The number of carbonyl (C=O) groups is 2. The van der Waals surface area contributed by atoms with E-state index >= 15 is 0 Å². The summed E-state index contributed by atoms with van der Waals surface area (Å²) in [6.07, 6.45) is 0.00133. The topological polar surface area (TPSA) is 87.0 Å². The maximum atomic E-state index is 13.5. The van der Waals surface area contributed by atoms with Crippen LogP contribution >= 0.6 is 0 Å². The number of halogens is 2. The van der Waals surface area contributed by atoms with Crippen molar-refractivity contribution >= 4 is 17.5 Å². The molecule has 0 fully saturated rings. The van der Waals surface area contributed by atoms with Crippen LogP contribution in [-0.4, -0.2) is 27.8 Å². The number of benzene rings is 1. The van der Waals surface area contributed by atoms with Gasteiger partial charge in [-0.05, 0) is 18.6 Å². The number of rotatable bonds is 5. The van der Waals surface area contributed by atoms with Gasteiger partial charge in [0.15, 0.2) is 11.5 Å². The number of oxime groups is 1. The molecule has 0 heterocycles. The minimum absolute atomic E-state index is 0.00133. The lowest BCUT2D eigenvalue weighted by Crippen LogP contribution is -2.30. The molecule has 0 aromatic heterocycles. The van der Waals surface area contributed by atoms with Gasteiger partial charge in [-0.2, -0.15) is 0 Å². The van der Waals surface area contributed by atoms with Crippen LogP contribution in [0.25, 0.3) is 0 Å². The number of aliphatic carboxylic acids is 1. The lowest BCUT2D eigenvalue weighted by molar-refractivity contribution is -0.129. The second kappa shape index (κ2) is 6.03. The summed E-state index contributed by atoms with van der Waals surface area (Å²) >= 11 is 0. The Balaban J connectivity index is 3.19. The second-order valence-electron chi connectivity index (χ2n) is 3.74.